The first kappa shape index (κ1) is 15.5. The van der Waals surface area contributed by atoms with Crippen molar-refractivity contribution in [2.24, 2.45) is 5.73 Å². The van der Waals surface area contributed by atoms with Gasteiger partial charge in [-0.05, 0) is 25.1 Å². The maximum Gasteiger partial charge on any atom is 0.106 e. The number of thiocarbonyl (C=S) groups is 1. The van der Waals surface area contributed by atoms with Crippen LogP contribution in [0.3, 0.4) is 0 Å². The normalized spacial score (nSPS) is 17.7. The highest BCUT2D eigenvalue weighted by Gasteiger charge is 2.15. The molecule has 0 spiro atoms. The van der Waals surface area contributed by atoms with Crippen LogP contribution >= 0.6 is 23.8 Å². The summed E-state index contributed by atoms with van der Waals surface area (Å²) >= 11 is 11.1. The predicted octanol–water partition coefficient (Wildman–Crippen LogP) is 2.11. The molecule has 1 saturated heterocycles. The molecule has 1 atom stereocenters. The SMILES string of the molecule is CC(CN1CCOCC1)Nc1cc(Cl)ccc1C(N)=S. The van der Waals surface area contributed by atoms with E-state index in [1.807, 2.05) is 12.1 Å². The van der Waals surface area contributed by atoms with E-state index >= 15 is 0 Å². The number of ether oxygens (including phenoxy) is 1. The number of benzene rings is 1. The fourth-order valence-electron chi connectivity index (χ4n) is 2.33. The monoisotopic (exact) mass is 313 g/mol. The quantitative estimate of drug-likeness (QED) is 0.815. The van der Waals surface area contributed by atoms with Gasteiger partial charge in [0.15, 0.2) is 0 Å². The predicted molar refractivity (Wildman–Crippen MR) is 87.7 cm³/mol. The van der Waals surface area contributed by atoms with Gasteiger partial charge in [-0.15, -0.1) is 0 Å². The summed E-state index contributed by atoms with van der Waals surface area (Å²) in [7, 11) is 0. The molecule has 1 heterocycles. The van der Waals surface area contributed by atoms with Gasteiger partial charge in [0.1, 0.15) is 4.99 Å². The number of hydrogen-bond acceptors (Lipinski definition) is 4. The number of anilines is 1. The van der Waals surface area contributed by atoms with Crippen molar-refractivity contribution in [1.29, 1.82) is 0 Å². The number of hydrogen-bond donors (Lipinski definition) is 2. The molecule has 1 aromatic rings. The largest absolute Gasteiger partial charge is 0.389 e. The van der Waals surface area contributed by atoms with Crippen LogP contribution in [0, 0.1) is 0 Å². The highest BCUT2D eigenvalue weighted by atomic mass is 35.5. The molecule has 1 unspecified atom stereocenters. The maximum absolute atomic E-state index is 6.05. The van der Waals surface area contributed by atoms with Crippen molar-refractivity contribution in [3.63, 3.8) is 0 Å². The number of halogens is 1. The van der Waals surface area contributed by atoms with Crippen LogP contribution in [0.4, 0.5) is 5.69 Å². The molecule has 110 valence electrons. The van der Waals surface area contributed by atoms with E-state index in [0.29, 0.717) is 10.0 Å². The molecule has 1 aromatic carbocycles. The third kappa shape index (κ3) is 4.31. The van der Waals surface area contributed by atoms with Gasteiger partial charge in [0.25, 0.3) is 0 Å². The lowest BCUT2D eigenvalue weighted by Gasteiger charge is -2.30. The van der Waals surface area contributed by atoms with E-state index in [2.05, 4.69) is 17.1 Å². The minimum atomic E-state index is 0.277. The summed E-state index contributed by atoms with van der Waals surface area (Å²) in [6.45, 7) is 6.66. The summed E-state index contributed by atoms with van der Waals surface area (Å²) in [6, 6.07) is 5.80. The molecule has 0 radical (unpaired) electrons. The van der Waals surface area contributed by atoms with Crippen LogP contribution in [0.5, 0.6) is 0 Å². The van der Waals surface area contributed by atoms with Crippen molar-refractivity contribution < 1.29 is 4.74 Å². The van der Waals surface area contributed by atoms with E-state index in [0.717, 1.165) is 44.1 Å². The van der Waals surface area contributed by atoms with Crippen LogP contribution in [-0.4, -0.2) is 48.8 Å². The Morgan fingerprint density at radius 1 is 1.50 bits per heavy atom. The van der Waals surface area contributed by atoms with Gasteiger partial charge in [-0.1, -0.05) is 23.8 Å². The molecule has 1 aliphatic rings. The summed E-state index contributed by atoms with van der Waals surface area (Å²) in [6.07, 6.45) is 0. The van der Waals surface area contributed by atoms with Crippen LogP contribution in [-0.2, 0) is 4.74 Å². The minimum Gasteiger partial charge on any atom is -0.389 e. The second-order valence-electron chi connectivity index (χ2n) is 5.01. The van der Waals surface area contributed by atoms with Crippen LogP contribution in [0.25, 0.3) is 0 Å². The maximum atomic E-state index is 6.05. The Morgan fingerprint density at radius 2 is 2.20 bits per heavy atom. The Kier molecular flexibility index (Phi) is 5.60. The lowest BCUT2D eigenvalue weighted by molar-refractivity contribution is 0.0368. The average molecular weight is 314 g/mol. The number of rotatable bonds is 5. The summed E-state index contributed by atoms with van der Waals surface area (Å²) in [5, 5.41) is 4.12. The Hall–Kier alpha value is -0.880. The van der Waals surface area contributed by atoms with Crippen molar-refractivity contribution >= 4 is 34.5 Å². The number of nitrogens with two attached hydrogens (primary N) is 1. The van der Waals surface area contributed by atoms with Crippen molar-refractivity contribution in [2.75, 3.05) is 38.2 Å². The third-order valence-corrected chi connectivity index (χ3v) is 3.74. The Morgan fingerprint density at radius 3 is 2.85 bits per heavy atom. The van der Waals surface area contributed by atoms with E-state index in [9.17, 15) is 0 Å². The molecule has 1 fully saturated rings. The molecule has 6 heteroatoms. The molecule has 4 nitrogen and oxygen atoms in total. The molecule has 0 aromatic heterocycles. The molecular weight excluding hydrogens is 294 g/mol. The van der Waals surface area contributed by atoms with Crippen molar-refractivity contribution in [3.05, 3.63) is 28.8 Å². The molecule has 0 bridgehead atoms. The number of nitrogens with zero attached hydrogens (tertiary/aromatic N) is 1. The van der Waals surface area contributed by atoms with Gasteiger partial charge in [0.2, 0.25) is 0 Å². The minimum absolute atomic E-state index is 0.277. The van der Waals surface area contributed by atoms with Gasteiger partial charge in [0.05, 0.1) is 13.2 Å². The molecule has 0 amide bonds. The lowest BCUT2D eigenvalue weighted by atomic mass is 10.1. The standard InChI is InChI=1S/C14H20ClN3OS/c1-10(9-18-4-6-19-7-5-18)17-13-8-11(15)2-3-12(13)14(16)20/h2-3,8,10,17H,4-7,9H2,1H3,(H2,16,20). The average Bonchev–Trinajstić information content (AvgIpc) is 2.39. The number of morpholine rings is 1. The fourth-order valence-corrected chi connectivity index (χ4v) is 2.68. The van der Waals surface area contributed by atoms with Crippen molar-refractivity contribution in [2.45, 2.75) is 13.0 Å². The first-order valence-corrected chi connectivity index (χ1v) is 7.51. The highest BCUT2D eigenvalue weighted by molar-refractivity contribution is 7.80. The molecule has 2 rings (SSSR count). The topological polar surface area (TPSA) is 50.5 Å². The van der Waals surface area contributed by atoms with Gasteiger partial charge in [-0.25, -0.2) is 0 Å². The van der Waals surface area contributed by atoms with Crippen molar-refractivity contribution in [1.82, 2.24) is 4.90 Å². The van der Waals surface area contributed by atoms with Crippen LogP contribution in [0.2, 0.25) is 5.02 Å². The Balaban J connectivity index is 2.00. The molecule has 20 heavy (non-hydrogen) atoms. The van der Waals surface area contributed by atoms with Gasteiger partial charge < -0.3 is 15.8 Å². The van der Waals surface area contributed by atoms with Gasteiger partial charge in [-0.2, -0.15) is 0 Å². The van der Waals surface area contributed by atoms with E-state index in [1.165, 1.54) is 0 Å². The van der Waals surface area contributed by atoms with E-state index in [-0.39, 0.29) is 6.04 Å². The second kappa shape index (κ2) is 7.22. The van der Waals surface area contributed by atoms with E-state index in [4.69, 9.17) is 34.3 Å². The van der Waals surface area contributed by atoms with Crippen LogP contribution in [0.15, 0.2) is 18.2 Å². The smallest absolute Gasteiger partial charge is 0.106 e. The molecule has 0 aliphatic carbocycles. The second-order valence-corrected chi connectivity index (χ2v) is 5.89. The summed E-state index contributed by atoms with van der Waals surface area (Å²) in [5.41, 5.74) is 7.47. The first-order valence-electron chi connectivity index (χ1n) is 6.72. The molecular formula is C14H20ClN3OS. The molecule has 3 N–H and O–H groups in total. The zero-order chi connectivity index (χ0) is 14.5. The first-order chi connectivity index (χ1) is 9.56. The molecule has 0 saturated carbocycles. The fraction of sp³-hybridized carbons (Fsp3) is 0.500. The zero-order valence-corrected chi connectivity index (χ0v) is 13.1. The Labute approximate surface area is 130 Å². The van der Waals surface area contributed by atoms with E-state index in [1.54, 1.807) is 6.07 Å². The zero-order valence-electron chi connectivity index (χ0n) is 11.6. The molecule has 1 aliphatic heterocycles. The van der Waals surface area contributed by atoms with Crippen LogP contribution in [0.1, 0.15) is 12.5 Å². The highest BCUT2D eigenvalue weighted by Crippen LogP contribution is 2.22. The number of nitrogens with one attached hydrogen (secondary N) is 1. The summed E-state index contributed by atoms with van der Waals surface area (Å²) in [5.74, 6) is 0. The van der Waals surface area contributed by atoms with Crippen molar-refractivity contribution in [3.8, 4) is 0 Å². The summed E-state index contributed by atoms with van der Waals surface area (Å²) < 4.78 is 5.35. The third-order valence-electron chi connectivity index (χ3n) is 3.28. The van der Waals surface area contributed by atoms with Gasteiger partial charge >= 0.3 is 0 Å². The lowest BCUT2D eigenvalue weighted by Crippen LogP contribution is -2.42. The van der Waals surface area contributed by atoms with Crippen LogP contribution < -0.4 is 11.1 Å². The van der Waals surface area contributed by atoms with Gasteiger partial charge in [-0.3, -0.25) is 4.90 Å². The Bertz CT molecular complexity index is 477. The van der Waals surface area contributed by atoms with Gasteiger partial charge in [0, 0.05) is 41.9 Å². The summed E-state index contributed by atoms with van der Waals surface area (Å²) in [4.78, 5) is 2.76. The van der Waals surface area contributed by atoms with E-state index < -0.39 is 0 Å².